The van der Waals surface area contributed by atoms with Crippen molar-refractivity contribution in [3.8, 4) is 0 Å². The van der Waals surface area contributed by atoms with Gasteiger partial charge in [-0.25, -0.2) is 18.7 Å². The highest BCUT2D eigenvalue weighted by Gasteiger charge is 2.35. The number of alkyl halides is 3. The van der Waals surface area contributed by atoms with Crippen LogP contribution in [0, 0.1) is 5.82 Å². The van der Waals surface area contributed by atoms with Gasteiger partial charge in [0.2, 0.25) is 0 Å². The fourth-order valence-corrected chi connectivity index (χ4v) is 5.04. The number of aliphatic imine (C=N–C) groups is 1. The van der Waals surface area contributed by atoms with Crippen LogP contribution in [-0.2, 0) is 22.2 Å². The zero-order valence-corrected chi connectivity index (χ0v) is 24.0. The summed E-state index contributed by atoms with van der Waals surface area (Å²) in [5, 5.41) is 6.51. The Balaban J connectivity index is 1.71. The van der Waals surface area contributed by atoms with E-state index in [4.69, 9.17) is 26.8 Å². The zero-order chi connectivity index (χ0) is 31.8. The van der Waals surface area contributed by atoms with Crippen LogP contribution in [0.1, 0.15) is 21.6 Å². The van der Waals surface area contributed by atoms with Gasteiger partial charge in [-0.3, -0.25) is 9.69 Å². The maximum absolute atomic E-state index is 13.8. The first-order valence-corrected chi connectivity index (χ1v) is 13.6. The van der Waals surface area contributed by atoms with Crippen molar-refractivity contribution in [2.75, 3.05) is 51.0 Å². The average molecular weight is 636 g/mol. The summed E-state index contributed by atoms with van der Waals surface area (Å²) in [5.41, 5.74) is 4.38. The van der Waals surface area contributed by atoms with Gasteiger partial charge in [-0.15, -0.1) is 0 Å². The number of hydrogen-bond acceptors (Lipinski definition) is 9. The minimum atomic E-state index is -4.82. The monoisotopic (exact) mass is 635 g/mol. The van der Waals surface area contributed by atoms with Crippen LogP contribution < -0.4 is 16.6 Å². The predicted molar refractivity (Wildman–Crippen MR) is 157 cm³/mol. The van der Waals surface area contributed by atoms with Gasteiger partial charge in [0.05, 0.1) is 36.4 Å². The van der Waals surface area contributed by atoms with E-state index in [1.165, 1.54) is 29.0 Å². The SMILES string of the molecule is C=C(/N=C\c1c(N)n2nc(C(F)(F)F)cc2c2c1cc(C(=O)OC)c(=O)n2CCN1CCOCC1)Nc1ccc(F)c(Cl)c1. The van der Waals surface area contributed by atoms with E-state index in [-0.39, 0.29) is 50.8 Å². The van der Waals surface area contributed by atoms with Gasteiger partial charge in [-0.05, 0) is 30.3 Å². The van der Waals surface area contributed by atoms with Crippen molar-refractivity contribution in [2.45, 2.75) is 12.7 Å². The van der Waals surface area contributed by atoms with Crippen molar-refractivity contribution in [1.82, 2.24) is 19.1 Å². The molecule has 0 atom stereocenters. The molecule has 1 fully saturated rings. The Kier molecular flexibility index (Phi) is 8.63. The topological polar surface area (TPSA) is 128 Å². The second-order valence-corrected chi connectivity index (χ2v) is 10.2. The molecule has 0 saturated carbocycles. The third kappa shape index (κ3) is 6.11. The number of nitrogens with two attached hydrogens (primary N) is 1. The summed E-state index contributed by atoms with van der Waals surface area (Å²) in [6.07, 6.45) is -3.61. The summed E-state index contributed by atoms with van der Waals surface area (Å²) in [6, 6.07) is 5.85. The lowest BCUT2D eigenvalue weighted by molar-refractivity contribution is -0.141. The van der Waals surface area contributed by atoms with Crippen LogP contribution in [0.25, 0.3) is 16.4 Å². The number of fused-ring (bicyclic) bond motifs is 3. The van der Waals surface area contributed by atoms with Gasteiger partial charge >= 0.3 is 12.1 Å². The molecule has 232 valence electrons. The highest BCUT2D eigenvalue weighted by molar-refractivity contribution is 6.31. The molecule has 11 nitrogen and oxygen atoms in total. The normalized spacial score (nSPS) is 14.5. The number of aromatic nitrogens is 3. The number of halogens is 5. The number of ether oxygens (including phenoxy) is 2. The molecule has 3 N–H and O–H groups in total. The van der Waals surface area contributed by atoms with Crippen LogP contribution in [0.15, 0.2) is 52.5 Å². The molecule has 0 spiro atoms. The third-order valence-electron chi connectivity index (χ3n) is 7.03. The molecule has 0 bridgehead atoms. The summed E-state index contributed by atoms with van der Waals surface area (Å²) in [6.45, 7) is 6.29. The molecule has 0 aliphatic carbocycles. The number of hydrogen-bond donors (Lipinski definition) is 2. The fraction of sp³-hybridized carbons (Fsp3) is 0.286. The molecule has 1 aliphatic heterocycles. The van der Waals surface area contributed by atoms with Gasteiger partial charge in [0.15, 0.2) is 5.69 Å². The van der Waals surface area contributed by atoms with Gasteiger partial charge < -0.3 is 25.1 Å². The van der Waals surface area contributed by atoms with E-state index in [1.807, 2.05) is 4.90 Å². The number of carbonyl (C=O) groups is 1. The summed E-state index contributed by atoms with van der Waals surface area (Å²) < 4.78 is 67.3. The molecule has 0 amide bonds. The van der Waals surface area contributed by atoms with Crippen LogP contribution in [0.4, 0.5) is 29.1 Å². The maximum Gasteiger partial charge on any atom is 0.435 e. The molecule has 0 unspecified atom stereocenters. The van der Waals surface area contributed by atoms with Crippen molar-refractivity contribution >= 4 is 51.7 Å². The number of nitrogens with one attached hydrogen (secondary N) is 1. The first-order valence-electron chi connectivity index (χ1n) is 13.2. The molecular formula is C28H26ClF4N7O4. The Bertz CT molecular complexity index is 1860. The summed E-state index contributed by atoms with van der Waals surface area (Å²) >= 11 is 5.84. The van der Waals surface area contributed by atoms with Gasteiger partial charge in [0.25, 0.3) is 5.56 Å². The van der Waals surface area contributed by atoms with Crippen molar-refractivity contribution < 1.29 is 31.8 Å². The number of esters is 1. The lowest BCUT2D eigenvalue weighted by atomic mass is 10.1. The summed E-state index contributed by atoms with van der Waals surface area (Å²) in [5.74, 6) is -1.79. The van der Waals surface area contributed by atoms with Gasteiger partial charge in [0, 0.05) is 49.0 Å². The Morgan fingerprint density at radius 2 is 1.98 bits per heavy atom. The smallest absolute Gasteiger partial charge is 0.435 e. The maximum atomic E-state index is 13.8. The predicted octanol–water partition coefficient (Wildman–Crippen LogP) is 4.16. The molecular weight excluding hydrogens is 610 g/mol. The van der Waals surface area contributed by atoms with E-state index in [2.05, 4.69) is 22.0 Å². The van der Waals surface area contributed by atoms with Crippen molar-refractivity contribution in [3.05, 3.63) is 80.7 Å². The quantitative estimate of drug-likeness (QED) is 0.168. The van der Waals surface area contributed by atoms with Crippen LogP contribution in [0.3, 0.4) is 0 Å². The van der Waals surface area contributed by atoms with E-state index >= 15 is 0 Å². The largest absolute Gasteiger partial charge is 0.465 e. The second-order valence-electron chi connectivity index (χ2n) is 9.80. The van der Waals surface area contributed by atoms with E-state index in [0.29, 0.717) is 38.5 Å². The van der Waals surface area contributed by atoms with Crippen LogP contribution in [-0.4, -0.2) is 71.2 Å². The van der Waals surface area contributed by atoms with Gasteiger partial charge in [-0.1, -0.05) is 18.2 Å². The lowest BCUT2D eigenvalue weighted by Gasteiger charge is -2.27. The minimum Gasteiger partial charge on any atom is -0.465 e. The number of pyridine rings is 2. The first-order chi connectivity index (χ1) is 20.9. The van der Waals surface area contributed by atoms with Crippen LogP contribution in [0.2, 0.25) is 5.02 Å². The number of rotatable bonds is 8. The molecule has 5 rings (SSSR count). The highest BCUT2D eigenvalue weighted by atomic mass is 35.5. The molecule has 44 heavy (non-hydrogen) atoms. The Morgan fingerprint density at radius 1 is 1.25 bits per heavy atom. The summed E-state index contributed by atoms with van der Waals surface area (Å²) in [4.78, 5) is 32.6. The average Bonchev–Trinajstić information content (AvgIpc) is 3.45. The number of benzene rings is 1. The van der Waals surface area contributed by atoms with Gasteiger partial charge in [0.1, 0.15) is 23.0 Å². The number of nitrogen functional groups attached to an aromatic ring is 1. The lowest BCUT2D eigenvalue weighted by Crippen LogP contribution is -2.40. The number of nitrogens with zero attached hydrogens (tertiary/aromatic N) is 5. The fourth-order valence-electron chi connectivity index (χ4n) is 4.86. The molecule has 4 aromatic rings. The second kappa shape index (κ2) is 12.3. The number of carbonyl (C=O) groups excluding carboxylic acids is 1. The highest BCUT2D eigenvalue weighted by Crippen LogP contribution is 2.34. The first kappa shape index (κ1) is 31.0. The Labute approximate surface area is 252 Å². The molecule has 3 aromatic heterocycles. The number of anilines is 2. The van der Waals surface area contributed by atoms with Gasteiger partial charge in [-0.2, -0.15) is 18.3 Å². The number of methoxy groups -OCH3 is 1. The Morgan fingerprint density at radius 3 is 2.64 bits per heavy atom. The van der Waals surface area contributed by atoms with E-state index < -0.39 is 29.2 Å². The zero-order valence-electron chi connectivity index (χ0n) is 23.3. The molecule has 1 saturated heterocycles. The van der Waals surface area contributed by atoms with Crippen molar-refractivity contribution in [3.63, 3.8) is 0 Å². The number of morpholine rings is 1. The molecule has 16 heteroatoms. The van der Waals surface area contributed by atoms with E-state index in [0.717, 1.165) is 23.8 Å². The molecule has 1 aromatic carbocycles. The van der Waals surface area contributed by atoms with Crippen molar-refractivity contribution in [1.29, 1.82) is 0 Å². The van der Waals surface area contributed by atoms with Crippen LogP contribution >= 0.6 is 11.6 Å². The van der Waals surface area contributed by atoms with Crippen molar-refractivity contribution in [2.24, 2.45) is 4.99 Å². The van der Waals surface area contributed by atoms with Crippen LogP contribution in [0.5, 0.6) is 0 Å². The summed E-state index contributed by atoms with van der Waals surface area (Å²) in [7, 11) is 1.11. The van der Waals surface area contributed by atoms with E-state index in [9.17, 15) is 27.2 Å². The van der Waals surface area contributed by atoms with E-state index in [1.54, 1.807) is 0 Å². The molecule has 0 radical (unpaired) electrons. The third-order valence-corrected chi connectivity index (χ3v) is 7.32. The molecule has 1 aliphatic rings. The standard InChI is InChI=1S/C28H26ClF4N7O4/c1-15(36-16-3-4-21(30)20(29)11-16)35-14-19-17-12-18(27(42)43-2)26(41)39(6-5-38-7-9-44-10-8-38)24(17)22-13-23(28(31,32)33)37-40(22)25(19)34/h3-4,11-14,36H,1,5-10,34H2,2H3/b35-14-. The Hall–Kier alpha value is -4.47. The minimum absolute atomic E-state index is 0.0163. The molecule has 4 heterocycles.